The molecule has 3 aromatic heterocycles. The van der Waals surface area contributed by atoms with Gasteiger partial charge in [-0.1, -0.05) is 6.92 Å². The lowest BCUT2D eigenvalue weighted by atomic mass is 9.97. The number of fused-ring (bicyclic) bond motifs is 2. The molecule has 0 aliphatic carbocycles. The maximum absolute atomic E-state index is 15.3. The van der Waals surface area contributed by atoms with E-state index in [-0.39, 0.29) is 28.0 Å². The second-order valence-electron chi connectivity index (χ2n) is 6.56. The van der Waals surface area contributed by atoms with Crippen molar-refractivity contribution in [2.45, 2.75) is 12.8 Å². The normalized spacial score (nSPS) is 12.5. The van der Waals surface area contributed by atoms with Gasteiger partial charge in [-0.05, 0) is 34.1 Å². The number of benzene rings is 1. The summed E-state index contributed by atoms with van der Waals surface area (Å²) in [5.41, 5.74) is 0.403. The Morgan fingerprint density at radius 1 is 1.27 bits per heavy atom. The van der Waals surface area contributed by atoms with E-state index in [0.717, 1.165) is 5.06 Å². The quantitative estimate of drug-likeness (QED) is 0.419. The highest BCUT2D eigenvalue weighted by atomic mass is 79.9. The molecule has 8 nitrogen and oxygen atoms in total. The molecular formula is C19H15BrF2N6O2. The third-order valence-corrected chi connectivity index (χ3v) is 5.20. The van der Waals surface area contributed by atoms with Crippen LogP contribution in [0, 0.1) is 11.6 Å². The van der Waals surface area contributed by atoms with Gasteiger partial charge < -0.3 is 0 Å². The smallest absolute Gasteiger partial charge is 0.274 e. The van der Waals surface area contributed by atoms with Gasteiger partial charge in [0.25, 0.3) is 5.91 Å². The van der Waals surface area contributed by atoms with Crippen molar-refractivity contribution in [3.8, 4) is 0 Å². The van der Waals surface area contributed by atoms with E-state index in [4.69, 9.17) is 4.84 Å². The van der Waals surface area contributed by atoms with Gasteiger partial charge in [-0.3, -0.25) is 14.6 Å². The molecule has 154 valence electrons. The second-order valence-corrected chi connectivity index (χ2v) is 7.48. The molecule has 0 N–H and O–H groups in total. The Labute approximate surface area is 177 Å². The molecule has 0 spiro atoms. The molecular weight excluding hydrogens is 462 g/mol. The van der Waals surface area contributed by atoms with Crippen molar-refractivity contribution in [3.63, 3.8) is 0 Å². The van der Waals surface area contributed by atoms with Crippen molar-refractivity contribution in [1.82, 2.24) is 29.9 Å². The Morgan fingerprint density at radius 3 is 2.77 bits per heavy atom. The lowest BCUT2D eigenvalue weighted by Gasteiger charge is -2.15. The maximum atomic E-state index is 15.3. The van der Waals surface area contributed by atoms with Crippen LogP contribution in [0.3, 0.4) is 0 Å². The fourth-order valence-corrected chi connectivity index (χ4v) is 3.48. The van der Waals surface area contributed by atoms with Crippen LogP contribution in [0.1, 0.15) is 34.7 Å². The SMILES string of the molecule is CON(C)C(=O)c1ccc2nnc(C(C)c3c(F)cc4ncc(Br)cc4c3F)n2n1. The number of pyridine rings is 1. The average Bonchev–Trinajstić information content (AvgIpc) is 3.16. The lowest BCUT2D eigenvalue weighted by Crippen LogP contribution is -2.27. The summed E-state index contributed by atoms with van der Waals surface area (Å²) in [5.74, 6) is -2.66. The summed E-state index contributed by atoms with van der Waals surface area (Å²) in [6.45, 7) is 1.59. The number of rotatable bonds is 4. The highest BCUT2D eigenvalue weighted by Gasteiger charge is 2.26. The van der Waals surface area contributed by atoms with Crippen molar-refractivity contribution in [2.24, 2.45) is 0 Å². The Kier molecular flexibility index (Phi) is 5.16. The maximum Gasteiger partial charge on any atom is 0.297 e. The van der Waals surface area contributed by atoms with Gasteiger partial charge >= 0.3 is 0 Å². The molecule has 0 saturated carbocycles. The summed E-state index contributed by atoms with van der Waals surface area (Å²) in [6.07, 6.45) is 1.47. The molecule has 1 aromatic carbocycles. The first-order chi connectivity index (χ1) is 14.3. The molecule has 0 aliphatic rings. The first-order valence-electron chi connectivity index (χ1n) is 8.79. The highest BCUT2D eigenvalue weighted by molar-refractivity contribution is 9.10. The first-order valence-corrected chi connectivity index (χ1v) is 9.58. The van der Waals surface area contributed by atoms with E-state index in [1.165, 1.54) is 43.1 Å². The van der Waals surface area contributed by atoms with Gasteiger partial charge in [0.1, 0.15) is 11.6 Å². The number of carbonyl (C=O) groups is 1. The van der Waals surface area contributed by atoms with Gasteiger partial charge in [-0.2, -0.15) is 9.61 Å². The Balaban J connectivity index is 1.86. The lowest BCUT2D eigenvalue weighted by molar-refractivity contribution is -0.0761. The average molecular weight is 477 g/mol. The van der Waals surface area contributed by atoms with Gasteiger partial charge in [0.15, 0.2) is 17.2 Å². The van der Waals surface area contributed by atoms with E-state index in [2.05, 4.69) is 36.2 Å². The van der Waals surface area contributed by atoms with Crippen molar-refractivity contribution in [2.75, 3.05) is 14.2 Å². The summed E-state index contributed by atoms with van der Waals surface area (Å²) in [4.78, 5) is 21.3. The second kappa shape index (κ2) is 7.65. The molecule has 0 fully saturated rings. The molecule has 30 heavy (non-hydrogen) atoms. The minimum absolute atomic E-state index is 0.0627. The predicted molar refractivity (Wildman–Crippen MR) is 107 cm³/mol. The Hall–Kier alpha value is -3.05. The summed E-state index contributed by atoms with van der Waals surface area (Å²) in [5, 5.41) is 13.5. The minimum Gasteiger partial charge on any atom is -0.274 e. The van der Waals surface area contributed by atoms with Gasteiger partial charge in [-0.25, -0.2) is 13.8 Å². The number of hydrogen-bond donors (Lipinski definition) is 0. The van der Waals surface area contributed by atoms with E-state index in [1.807, 2.05) is 0 Å². The van der Waals surface area contributed by atoms with Crippen LogP contribution in [0.2, 0.25) is 0 Å². The number of hydrogen-bond acceptors (Lipinski definition) is 6. The third kappa shape index (κ3) is 3.29. The summed E-state index contributed by atoms with van der Waals surface area (Å²) in [7, 11) is 2.79. The summed E-state index contributed by atoms with van der Waals surface area (Å²) < 4.78 is 32.0. The van der Waals surface area contributed by atoms with E-state index in [9.17, 15) is 9.18 Å². The molecule has 4 aromatic rings. The van der Waals surface area contributed by atoms with E-state index in [0.29, 0.717) is 10.1 Å². The van der Waals surface area contributed by atoms with Crippen LogP contribution in [0.25, 0.3) is 16.6 Å². The Bertz CT molecular complexity index is 1300. The Morgan fingerprint density at radius 2 is 2.03 bits per heavy atom. The van der Waals surface area contributed by atoms with Gasteiger partial charge in [0.2, 0.25) is 0 Å². The predicted octanol–water partition coefficient (Wildman–Crippen LogP) is 3.50. The zero-order chi connectivity index (χ0) is 21.6. The monoisotopic (exact) mass is 476 g/mol. The largest absolute Gasteiger partial charge is 0.297 e. The molecule has 1 unspecified atom stereocenters. The fourth-order valence-electron chi connectivity index (χ4n) is 3.15. The van der Waals surface area contributed by atoms with Gasteiger partial charge in [-0.15, -0.1) is 10.2 Å². The third-order valence-electron chi connectivity index (χ3n) is 4.77. The zero-order valence-corrected chi connectivity index (χ0v) is 17.7. The fraction of sp³-hybridized carbons (Fsp3) is 0.211. The number of halogens is 3. The topological polar surface area (TPSA) is 85.5 Å². The van der Waals surface area contributed by atoms with Crippen LogP contribution in [0.5, 0.6) is 0 Å². The number of aromatic nitrogens is 5. The molecule has 3 heterocycles. The van der Waals surface area contributed by atoms with Crippen LogP contribution in [-0.2, 0) is 4.84 Å². The van der Waals surface area contributed by atoms with Crippen molar-refractivity contribution >= 4 is 38.4 Å². The molecule has 11 heteroatoms. The summed E-state index contributed by atoms with van der Waals surface area (Å²) >= 11 is 3.25. The van der Waals surface area contributed by atoms with E-state index >= 15 is 4.39 Å². The highest BCUT2D eigenvalue weighted by Crippen LogP contribution is 2.32. The van der Waals surface area contributed by atoms with Crippen LogP contribution in [-0.4, -0.2) is 49.9 Å². The molecule has 0 aliphatic heterocycles. The van der Waals surface area contributed by atoms with Crippen LogP contribution in [0.15, 0.2) is 34.9 Å². The molecule has 0 bridgehead atoms. The molecule has 1 atom stereocenters. The van der Waals surface area contributed by atoms with Crippen LogP contribution >= 0.6 is 15.9 Å². The molecule has 4 rings (SSSR count). The van der Waals surface area contributed by atoms with Gasteiger partial charge in [0.05, 0.1) is 12.6 Å². The van der Waals surface area contributed by atoms with Gasteiger partial charge in [0, 0.05) is 40.7 Å². The molecule has 0 radical (unpaired) electrons. The number of carbonyl (C=O) groups excluding carboxylic acids is 1. The zero-order valence-electron chi connectivity index (χ0n) is 16.1. The number of hydroxylamine groups is 2. The molecule has 1 amide bonds. The first kappa shape index (κ1) is 20.2. The van der Waals surface area contributed by atoms with E-state index < -0.39 is 23.5 Å². The number of nitrogens with zero attached hydrogens (tertiary/aromatic N) is 6. The standard InChI is InChI=1S/C19H15BrF2N6O2/c1-9(16-12(21)7-14-11(17(16)22)6-10(20)8-23-14)18-25-24-15-5-4-13(26-28(15)18)19(29)27(2)30-3/h4-9H,1-3H3. The van der Waals surface area contributed by atoms with E-state index in [1.54, 1.807) is 13.0 Å². The summed E-state index contributed by atoms with van der Waals surface area (Å²) in [6, 6.07) is 5.72. The minimum atomic E-state index is -0.846. The number of amides is 1. The van der Waals surface area contributed by atoms with Crippen LogP contribution in [0.4, 0.5) is 8.78 Å². The van der Waals surface area contributed by atoms with Crippen molar-refractivity contribution in [1.29, 1.82) is 0 Å². The van der Waals surface area contributed by atoms with Crippen molar-refractivity contribution in [3.05, 3.63) is 63.7 Å². The van der Waals surface area contributed by atoms with Crippen LogP contribution < -0.4 is 0 Å². The molecule has 0 saturated heterocycles. The van der Waals surface area contributed by atoms with Crippen molar-refractivity contribution < 1.29 is 18.4 Å².